The standard InChI is InChI=1S/C14H18N4O3/c1-4-20-14(19)11-5-10(15)7-16-12(11)18-9(3)13-17-6-8(2)21-13/h5-7,9H,4,15H2,1-3H3,(H,16,18). The Bertz CT molecular complexity index is 639. The molecule has 2 rings (SSSR count). The van der Waals surface area contributed by atoms with Crippen molar-refractivity contribution in [3.8, 4) is 0 Å². The molecule has 2 aromatic heterocycles. The molecule has 0 fully saturated rings. The quantitative estimate of drug-likeness (QED) is 0.814. The Morgan fingerprint density at radius 3 is 2.86 bits per heavy atom. The number of nitrogens with one attached hydrogen (secondary N) is 1. The van der Waals surface area contributed by atoms with Gasteiger partial charge in [-0.15, -0.1) is 0 Å². The first kappa shape index (κ1) is 14.8. The lowest BCUT2D eigenvalue weighted by Gasteiger charge is -2.14. The van der Waals surface area contributed by atoms with Crippen molar-refractivity contribution in [2.75, 3.05) is 17.7 Å². The van der Waals surface area contributed by atoms with Crippen molar-refractivity contribution in [2.45, 2.75) is 26.8 Å². The van der Waals surface area contributed by atoms with Crippen LogP contribution in [0.3, 0.4) is 0 Å². The molecule has 0 aliphatic rings. The zero-order valence-electron chi connectivity index (χ0n) is 12.2. The molecular weight excluding hydrogens is 272 g/mol. The number of carbonyl (C=O) groups is 1. The summed E-state index contributed by atoms with van der Waals surface area (Å²) < 4.78 is 10.4. The second-order valence-electron chi connectivity index (χ2n) is 4.56. The second kappa shape index (κ2) is 6.25. The van der Waals surface area contributed by atoms with Gasteiger partial charge in [-0.1, -0.05) is 0 Å². The zero-order valence-corrected chi connectivity index (χ0v) is 12.2. The van der Waals surface area contributed by atoms with E-state index in [4.69, 9.17) is 14.9 Å². The molecule has 0 aromatic carbocycles. The van der Waals surface area contributed by atoms with Crippen LogP contribution < -0.4 is 11.1 Å². The molecular formula is C14H18N4O3. The molecule has 0 saturated carbocycles. The van der Waals surface area contributed by atoms with E-state index >= 15 is 0 Å². The lowest BCUT2D eigenvalue weighted by Crippen LogP contribution is -2.14. The van der Waals surface area contributed by atoms with Crippen molar-refractivity contribution in [3.63, 3.8) is 0 Å². The van der Waals surface area contributed by atoms with Crippen LogP contribution >= 0.6 is 0 Å². The van der Waals surface area contributed by atoms with Crippen LogP contribution in [0.5, 0.6) is 0 Å². The maximum absolute atomic E-state index is 11.9. The molecule has 7 nitrogen and oxygen atoms in total. The highest BCUT2D eigenvalue weighted by Crippen LogP contribution is 2.22. The van der Waals surface area contributed by atoms with Crippen LogP contribution in [0.25, 0.3) is 0 Å². The Labute approximate surface area is 122 Å². The Hall–Kier alpha value is -2.57. The SMILES string of the molecule is CCOC(=O)c1cc(N)cnc1NC(C)c1ncc(C)o1. The molecule has 0 radical (unpaired) electrons. The summed E-state index contributed by atoms with van der Waals surface area (Å²) >= 11 is 0. The van der Waals surface area contributed by atoms with Crippen molar-refractivity contribution >= 4 is 17.5 Å². The molecule has 0 aliphatic carbocycles. The predicted octanol–water partition coefficient (Wildman–Crippen LogP) is 2.31. The molecule has 0 spiro atoms. The fourth-order valence-corrected chi connectivity index (χ4v) is 1.80. The number of nitrogens with two attached hydrogens (primary N) is 1. The van der Waals surface area contributed by atoms with Gasteiger partial charge in [-0.3, -0.25) is 0 Å². The number of esters is 1. The molecule has 1 unspecified atom stereocenters. The Morgan fingerprint density at radius 1 is 1.48 bits per heavy atom. The van der Waals surface area contributed by atoms with Crippen LogP contribution in [0, 0.1) is 6.92 Å². The van der Waals surface area contributed by atoms with E-state index in [1.165, 1.54) is 12.3 Å². The van der Waals surface area contributed by atoms with Gasteiger partial charge in [0, 0.05) is 0 Å². The third kappa shape index (κ3) is 3.50. The first-order chi connectivity index (χ1) is 10.0. The van der Waals surface area contributed by atoms with E-state index < -0.39 is 5.97 Å². The minimum Gasteiger partial charge on any atom is -0.462 e. The van der Waals surface area contributed by atoms with Gasteiger partial charge in [-0.2, -0.15) is 0 Å². The summed E-state index contributed by atoms with van der Waals surface area (Å²) in [6.07, 6.45) is 3.11. The van der Waals surface area contributed by atoms with Crippen molar-refractivity contribution in [2.24, 2.45) is 0 Å². The lowest BCUT2D eigenvalue weighted by atomic mass is 10.2. The number of rotatable bonds is 5. The van der Waals surface area contributed by atoms with Crippen LogP contribution in [-0.2, 0) is 4.74 Å². The van der Waals surface area contributed by atoms with Gasteiger partial charge in [0.2, 0.25) is 5.89 Å². The number of carbonyl (C=O) groups excluding carboxylic acids is 1. The van der Waals surface area contributed by atoms with E-state index in [9.17, 15) is 4.79 Å². The summed E-state index contributed by atoms with van der Waals surface area (Å²) in [4.78, 5) is 20.2. The van der Waals surface area contributed by atoms with Crippen LogP contribution in [-0.4, -0.2) is 22.5 Å². The number of nitrogens with zero attached hydrogens (tertiary/aromatic N) is 2. The normalized spacial score (nSPS) is 12.0. The highest BCUT2D eigenvalue weighted by molar-refractivity contribution is 5.95. The van der Waals surface area contributed by atoms with Crippen LogP contribution in [0.15, 0.2) is 22.9 Å². The lowest BCUT2D eigenvalue weighted by molar-refractivity contribution is 0.0527. The minimum atomic E-state index is -0.476. The smallest absolute Gasteiger partial charge is 0.341 e. The van der Waals surface area contributed by atoms with Crippen LogP contribution in [0.1, 0.15) is 41.9 Å². The molecule has 0 aliphatic heterocycles. The van der Waals surface area contributed by atoms with E-state index in [2.05, 4.69) is 15.3 Å². The average Bonchev–Trinajstić information content (AvgIpc) is 2.87. The Kier molecular flexibility index (Phi) is 4.42. The number of aryl methyl sites for hydroxylation is 1. The zero-order chi connectivity index (χ0) is 15.4. The van der Waals surface area contributed by atoms with E-state index in [0.29, 0.717) is 17.4 Å². The van der Waals surface area contributed by atoms with Gasteiger partial charge in [0.05, 0.1) is 24.7 Å². The maximum atomic E-state index is 11.9. The first-order valence-electron chi connectivity index (χ1n) is 6.62. The van der Waals surface area contributed by atoms with Gasteiger partial charge in [0.15, 0.2) is 0 Å². The number of oxazole rings is 1. The summed E-state index contributed by atoms with van der Waals surface area (Å²) in [5.74, 6) is 1.14. The average molecular weight is 290 g/mol. The topological polar surface area (TPSA) is 103 Å². The van der Waals surface area contributed by atoms with Crippen molar-refractivity contribution in [3.05, 3.63) is 35.7 Å². The molecule has 112 valence electrons. The van der Waals surface area contributed by atoms with Gasteiger partial charge in [-0.05, 0) is 26.8 Å². The summed E-state index contributed by atoms with van der Waals surface area (Å²) in [6, 6.07) is 1.28. The minimum absolute atomic E-state index is 0.247. The molecule has 2 aromatic rings. The molecule has 2 heterocycles. The molecule has 3 N–H and O–H groups in total. The summed E-state index contributed by atoms with van der Waals surface area (Å²) in [5, 5.41) is 3.08. The molecule has 0 saturated heterocycles. The van der Waals surface area contributed by atoms with Crippen molar-refractivity contribution < 1.29 is 13.9 Å². The fraction of sp³-hybridized carbons (Fsp3) is 0.357. The third-order valence-electron chi connectivity index (χ3n) is 2.77. The summed E-state index contributed by atoms with van der Waals surface area (Å²) in [6.45, 7) is 5.69. The largest absolute Gasteiger partial charge is 0.462 e. The number of pyridine rings is 1. The van der Waals surface area contributed by atoms with Crippen LogP contribution in [0.2, 0.25) is 0 Å². The summed E-state index contributed by atoms with van der Waals surface area (Å²) in [5.41, 5.74) is 6.35. The fourth-order valence-electron chi connectivity index (χ4n) is 1.80. The Balaban J connectivity index is 2.24. The van der Waals surface area contributed by atoms with E-state index in [0.717, 1.165) is 5.76 Å². The van der Waals surface area contributed by atoms with Crippen molar-refractivity contribution in [1.29, 1.82) is 0 Å². The number of nitrogen functional groups attached to an aromatic ring is 1. The molecule has 21 heavy (non-hydrogen) atoms. The molecule has 0 bridgehead atoms. The van der Waals surface area contributed by atoms with Gasteiger partial charge in [0.1, 0.15) is 23.2 Å². The maximum Gasteiger partial charge on any atom is 0.341 e. The van der Waals surface area contributed by atoms with Crippen molar-refractivity contribution in [1.82, 2.24) is 9.97 Å². The molecule has 0 amide bonds. The third-order valence-corrected chi connectivity index (χ3v) is 2.77. The number of ether oxygens (including phenoxy) is 1. The van der Waals surface area contributed by atoms with Gasteiger partial charge in [-0.25, -0.2) is 14.8 Å². The van der Waals surface area contributed by atoms with E-state index in [1.54, 1.807) is 13.1 Å². The van der Waals surface area contributed by atoms with E-state index in [-0.39, 0.29) is 18.2 Å². The highest BCUT2D eigenvalue weighted by atomic mass is 16.5. The molecule has 7 heteroatoms. The van der Waals surface area contributed by atoms with Gasteiger partial charge in [0.25, 0.3) is 0 Å². The first-order valence-corrected chi connectivity index (χ1v) is 6.62. The van der Waals surface area contributed by atoms with E-state index in [1.807, 2.05) is 13.8 Å². The molecule has 1 atom stereocenters. The van der Waals surface area contributed by atoms with Crippen LogP contribution in [0.4, 0.5) is 11.5 Å². The second-order valence-corrected chi connectivity index (χ2v) is 4.56. The predicted molar refractivity (Wildman–Crippen MR) is 77.9 cm³/mol. The monoisotopic (exact) mass is 290 g/mol. The number of hydrogen-bond donors (Lipinski definition) is 2. The highest BCUT2D eigenvalue weighted by Gasteiger charge is 2.18. The number of anilines is 2. The van der Waals surface area contributed by atoms with Gasteiger partial charge >= 0.3 is 5.97 Å². The number of hydrogen-bond acceptors (Lipinski definition) is 7. The summed E-state index contributed by atoms with van der Waals surface area (Å²) in [7, 11) is 0. The van der Waals surface area contributed by atoms with Gasteiger partial charge < -0.3 is 20.2 Å². The Morgan fingerprint density at radius 2 is 2.24 bits per heavy atom. The number of aromatic nitrogens is 2.